The topological polar surface area (TPSA) is 36.4 Å². The molecule has 0 saturated carbocycles. The van der Waals surface area contributed by atoms with Gasteiger partial charge in [0.05, 0.1) is 4.70 Å². The van der Waals surface area contributed by atoms with Gasteiger partial charge in [0.15, 0.2) is 5.13 Å². The van der Waals surface area contributed by atoms with Crippen LogP contribution >= 0.6 is 11.3 Å². The third-order valence-corrected chi connectivity index (χ3v) is 5.10. The van der Waals surface area contributed by atoms with Crippen LogP contribution < -0.4 is 4.90 Å². The lowest BCUT2D eigenvalue weighted by atomic mass is 10.2. The summed E-state index contributed by atoms with van der Waals surface area (Å²) in [6.07, 6.45) is 4.14. The first-order chi connectivity index (χ1) is 13.0. The molecule has 1 heterocycles. The van der Waals surface area contributed by atoms with E-state index >= 15 is 0 Å². The minimum absolute atomic E-state index is 0.155. The largest absolute Gasteiger partial charge is 0.309 e. The number of halogens is 1. The van der Waals surface area contributed by atoms with Crippen LogP contribution in [0.3, 0.4) is 0 Å². The maximum atomic E-state index is 14.0. The van der Waals surface area contributed by atoms with Gasteiger partial charge in [0.25, 0.3) is 5.91 Å². The van der Waals surface area contributed by atoms with E-state index in [4.69, 9.17) is 0 Å². The number of benzene rings is 2. The first-order valence-corrected chi connectivity index (χ1v) is 9.60. The van der Waals surface area contributed by atoms with Crippen LogP contribution in [0.1, 0.15) is 12.0 Å². The second-order valence-electron chi connectivity index (χ2n) is 6.47. The number of rotatable bonds is 7. The first-order valence-electron chi connectivity index (χ1n) is 8.79. The van der Waals surface area contributed by atoms with Crippen LogP contribution in [0.4, 0.5) is 9.52 Å². The molecule has 0 unspecified atom stereocenters. The number of carbonyl (C=O) groups is 1. The van der Waals surface area contributed by atoms with Gasteiger partial charge in [-0.15, -0.1) is 0 Å². The maximum Gasteiger partial charge on any atom is 0.252 e. The predicted octanol–water partition coefficient (Wildman–Crippen LogP) is 4.43. The highest BCUT2D eigenvalue weighted by Crippen LogP contribution is 2.30. The molecule has 0 aliphatic rings. The Morgan fingerprint density at radius 3 is 2.59 bits per heavy atom. The summed E-state index contributed by atoms with van der Waals surface area (Å²) in [6.45, 7) is 1.38. The Balaban J connectivity index is 1.86. The van der Waals surface area contributed by atoms with Crippen LogP contribution in [-0.2, 0) is 4.79 Å². The minimum Gasteiger partial charge on any atom is -0.309 e. The molecule has 3 aromatic rings. The molecule has 0 spiro atoms. The SMILES string of the molecule is CN(C)CCCN(C(=O)/C=C/c1ccccc1)c1nc2c(F)cccc2s1. The van der Waals surface area contributed by atoms with Crippen molar-refractivity contribution in [2.75, 3.05) is 32.1 Å². The summed E-state index contributed by atoms with van der Waals surface area (Å²) in [7, 11) is 3.99. The lowest BCUT2D eigenvalue weighted by molar-refractivity contribution is -0.114. The van der Waals surface area contributed by atoms with Crippen LogP contribution in [0.15, 0.2) is 54.6 Å². The monoisotopic (exact) mass is 383 g/mol. The fourth-order valence-electron chi connectivity index (χ4n) is 2.69. The van der Waals surface area contributed by atoms with E-state index in [2.05, 4.69) is 9.88 Å². The average molecular weight is 383 g/mol. The molecule has 0 saturated heterocycles. The van der Waals surface area contributed by atoms with E-state index in [0.717, 1.165) is 23.2 Å². The molecule has 2 aromatic carbocycles. The first kappa shape index (κ1) is 19.2. The molecule has 4 nitrogen and oxygen atoms in total. The third kappa shape index (κ3) is 4.99. The van der Waals surface area contributed by atoms with Crippen molar-refractivity contribution >= 4 is 38.7 Å². The number of fused-ring (bicyclic) bond motifs is 1. The molecule has 1 amide bonds. The molecular weight excluding hydrogens is 361 g/mol. The number of hydrogen-bond donors (Lipinski definition) is 0. The van der Waals surface area contributed by atoms with E-state index < -0.39 is 0 Å². The van der Waals surface area contributed by atoms with Crippen molar-refractivity contribution in [1.29, 1.82) is 0 Å². The van der Waals surface area contributed by atoms with Crippen molar-refractivity contribution in [3.05, 3.63) is 66.0 Å². The number of nitrogens with zero attached hydrogens (tertiary/aromatic N) is 3. The Morgan fingerprint density at radius 2 is 1.89 bits per heavy atom. The maximum absolute atomic E-state index is 14.0. The van der Waals surface area contributed by atoms with E-state index in [1.165, 1.54) is 17.4 Å². The Bertz CT molecular complexity index is 937. The van der Waals surface area contributed by atoms with E-state index in [-0.39, 0.29) is 11.7 Å². The van der Waals surface area contributed by atoms with Gasteiger partial charge in [-0.1, -0.05) is 47.7 Å². The minimum atomic E-state index is -0.365. The number of carbonyl (C=O) groups excluding carboxylic acids is 1. The van der Waals surface area contributed by atoms with Crippen molar-refractivity contribution in [1.82, 2.24) is 9.88 Å². The molecule has 0 aliphatic carbocycles. The second-order valence-corrected chi connectivity index (χ2v) is 7.48. The summed E-state index contributed by atoms with van der Waals surface area (Å²) in [5, 5.41) is 0.525. The summed E-state index contributed by atoms with van der Waals surface area (Å²) >= 11 is 1.33. The van der Waals surface area contributed by atoms with Crippen LogP contribution in [0.25, 0.3) is 16.3 Å². The third-order valence-electron chi connectivity index (χ3n) is 4.06. The van der Waals surface area contributed by atoms with Gasteiger partial charge < -0.3 is 4.90 Å². The molecule has 0 atom stereocenters. The molecule has 3 rings (SSSR count). The highest BCUT2D eigenvalue weighted by molar-refractivity contribution is 7.22. The number of thiazole rings is 1. The molecule has 0 fully saturated rings. The number of anilines is 1. The molecular formula is C21H22FN3OS. The van der Waals surface area contributed by atoms with Gasteiger partial charge in [-0.05, 0) is 50.8 Å². The van der Waals surface area contributed by atoms with Crippen LogP contribution in [0.5, 0.6) is 0 Å². The van der Waals surface area contributed by atoms with E-state index in [1.54, 1.807) is 23.1 Å². The van der Waals surface area contributed by atoms with Crippen molar-refractivity contribution in [2.24, 2.45) is 0 Å². The fraction of sp³-hybridized carbons (Fsp3) is 0.238. The summed E-state index contributed by atoms with van der Waals surface area (Å²) in [4.78, 5) is 20.9. The van der Waals surface area contributed by atoms with Gasteiger partial charge >= 0.3 is 0 Å². The van der Waals surface area contributed by atoms with Gasteiger partial charge in [0.2, 0.25) is 0 Å². The summed E-state index contributed by atoms with van der Waals surface area (Å²) in [5.41, 5.74) is 1.27. The molecule has 0 aliphatic heterocycles. The van der Waals surface area contributed by atoms with Gasteiger partial charge in [0.1, 0.15) is 11.3 Å². The summed E-state index contributed by atoms with van der Waals surface area (Å²) < 4.78 is 14.7. The van der Waals surface area contributed by atoms with Crippen LogP contribution in [-0.4, -0.2) is 43.0 Å². The lowest BCUT2D eigenvalue weighted by Gasteiger charge is -2.19. The van der Waals surface area contributed by atoms with E-state index in [0.29, 0.717) is 17.2 Å². The van der Waals surface area contributed by atoms with Crippen molar-refractivity contribution < 1.29 is 9.18 Å². The number of amides is 1. The Morgan fingerprint density at radius 1 is 1.11 bits per heavy atom. The molecule has 140 valence electrons. The van der Waals surface area contributed by atoms with Crippen molar-refractivity contribution in [2.45, 2.75) is 6.42 Å². The van der Waals surface area contributed by atoms with Gasteiger partial charge in [-0.25, -0.2) is 9.37 Å². The predicted molar refractivity (Wildman–Crippen MR) is 111 cm³/mol. The average Bonchev–Trinajstić information content (AvgIpc) is 3.09. The fourth-order valence-corrected chi connectivity index (χ4v) is 3.70. The number of hydrogen-bond acceptors (Lipinski definition) is 4. The standard InChI is InChI=1S/C21H22FN3OS/c1-24(2)14-7-15-25(19(26)13-12-16-8-4-3-5-9-16)21-23-20-17(22)10-6-11-18(20)27-21/h3-6,8-13H,7,14-15H2,1-2H3/b13-12+. The Labute approximate surface area is 162 Å². The molecule has 6 heteroatoms. The van der Waals surface area contributed by atoms with E-state index in [1.807, 2.05) is 50.5 Å². The van der Waals surface area contributed by atoms with Gasteiger partial charge in [-0.2, -0.15) is 0 Å². The second kappa shape index (κ2) is 8.88. The molecule has 27 heavy (non-hydrogen) atoms. The summed E-state index contributed by atoms with van der Waals surface area (Å²) in [5.74, 6) is -0.521. The molecule has 0 radical (unpaired) electrons. The zero-order chi connectivity index (χ0) is 19.2. The highest BCUT2D eigenvalue weighted by Gasteiger charge is 2.19. The smallest absolute Gasteiger partial charge is 0.252 e. The number of aromatic nitrogens is 1. The van der Waals surface area contributed by atoms with Gasteiger partial charge in [-0.3, -0.25) is 9.69 Å². The van der Waals surface area contributed by atoms with Crippen molar-refractivity contribution in [3.8, 4) is 0 Å². The molecule has 0 bridgehead atoms. The highest BCUT2D eigenvalue weighted by atomic mass is 32.1. The number of para-hydroxylation sites is 1. The molecule has 0 N–H and O–H groups in total. The van der Waals surface area contributed by atoms with Crippen molar-refractivity contribution in [3.63, 3.8) is 0 Å². The van der Waals surface area contributed by atoms with E-state index in [9.17, 15) is 9.18 Å². The zero-order valence-electron chi connectivity index (χ0n) is 15.4. The molecule has 1 aromatic heterocycles. The normalized spacial score (nSPS) is 11.6. The quantitative estimate of drug-likeness (QED) is 0.566. The summed E-state index contributed by atoms with van der Waals surface area (Å²) in [6, 6.07) is 14.5. The lowest BCUT2D eigenvalue weighted by Crippen LogP contribution is -2.32. The zero-order valence-corrected chi connectivity index (χ0v) is 16.2. The Hall–Kier alpha value is -2.57. The Kier molecular flexibility index (Phi) is 6.32. The van der Waals surface area contributed by atoms with Crippen LogP contribution in [0.2, 0.25) is 0 Å². The van der Waals surface area contributed by atoms with Gasteiger partial charge in [0, 0.05) is 12.6 Å². The van der Waals surface area contributed by atoms with Crippen LogP contribution in [0, 0.1) is 5.82 Å².